The molecule has 0 atom stereocenters. The topological polar surface area (TPSA) is 56.8 Å². The fraction of sp³-hybridized carbons (Fsp3) is 0.188. The van der Waals surface area contributed by atoms with Crippen molar-refractivity contribution in [2.45, 2.75) is 0 Å². The predicted octanol–water partition coefficient (Wildman–Crippen LogP) is 4.88. The predicted molar refractivity (Wildman–Crippen MR) is 103 cm³/mol. The molecule has 0 saturated heterocycles. The van der Waals surface area contributed by atoms with E-state index in [9.17, 15) is 4.79 Å². The Bertz CT molecular complexity index is 783. The number of rotatable bonds is 5. The third-order valence-electron chi connectivity index (χ3n) is 3.21. The number of carbonyl (C=O) groups is 1. The number of nitrogens with one attached hydrogen (secondary N) is 1. The van der Waals surface area contributed by atoms with Gasteiger partial charge in [0.05, 0.1) is 42.6 Å². The van der Waals surface area contributed by atoms with Gasteiger partial charge in [0.15, 0.2) is 0 Å². The smallest absolute Gasteiger partial charge is 0.259 e. The van der Waals surface area contributed by atoms with Crippen LogP contribution in [-0.2, 0) is 0 Å². The van der Waals surface area contributed by atoms with Gasteiger partial charge < -0.3 is 19.5 Å². The Balaban J connectivity index is 2.42. The molecule has 0 aliphatic rings. The lowest BCUT2D eigenvalue weighted by Crippen LogP contribution is -2.14. The monoisotopic (exact) mass is 481 g/mol. The van der Waals surface area contributed by atoms with Crippen molar-refractivity contribution in [2.24, 2.45) is 0 Å². The van der Waals surface area contributed by atoms with Gasteiger partial charge >= 0.3 is 0 Å². The molecule has 24 heavy (non-hydrogen) atoms. The van der Waals surface area contributed by atoms with Crippen molar-refractivity contribution in [3.05, 3.63) is 43.4 Å². The second-order valence-electron chi connectivity index (χ2n) is 4.61. The molecule has 0 aliphatic heterocycles. The molecular formula is C16H14Cl2INO4. The molecule has 0 fully saturated rings. The van der Waals surface area contributed by atoms with Crippen LogP contribution in [0.15, 0.2) is 24.3 Å². The Hall–Kier alpha value is -1.38. The Kier molecular flexibility index (Phi) is 6.42. The summed E-state index contributed by atoms with van der Waals surface area (Å²) in [7, 11) is 4.46. The highest BCUT2D eigenvalue weighted by Crippen LogP contribution is 2.36. The van der Waals surface area contributed by atoms with Crippen LogP contribution in [0.3, 0.4) is 0 Å². The van der Waals surface area contributed by atoms with Crippen molar-refractivity contribution in [3.8, 4) is 17.2 Å². The summed E-state index contributed by atoms with van der Waals surface area (Å²) in [4.78, 5) is 12.6. The van der Waals surface area contributed by atoms with Gasteiger partial charge in [0.1, 0.15) is 17.2 Å². The van der Waals surface area contributed by atoms with Gasteiger partial charge in [0, 0.05) is 15.7 Å². The maximum atomic E-state index is 12.6. The van der Waals surface area contributed by atoms with Crippen LogP contribution >= 0.6 is 45.8 Å². The molecule has 0 aromatic heterocycles. The van der Waals surface area contributed by atoms with E-state index >= 15 is 0 Å². The number of amides is 1. The summed E-state index contributed by atoms with van der Waals surface area (Å²) >= 11 is 14.2. The van der Waals surface area contributed by atoms with Crippen molar-refractivity contribution in [1.82, 2.24) is 0 Å². The van der Waals surface area contributed by atoms with Gasteiger partial charge in [-0.25, -0.2) is 0 Å². The van der Waals surface area contributed by atoms with E-state index in [2.05, 4.69) is 27.9 Å². The molecule has 0 saturated carbocycles. The van der Waals surface area contributed by atoms with Crippen LogP contribution in [0.4, 0.5) is 5.69 Å². The number of halogens is 3. The summed E-state index contributed by atoms with van der Waals surface area (Å²) in [6.07, 6.45) is 0. The molecule has 1 amide bonds. The van der Waals surface area contributed by atoms with Gasteiger partial charge in [-0.1, -0.05) is 23.2 Å². The van der Waals surface area contributed by atoms with E-state index in [-0.39, 0.29) is 0 Å². The highest BCUT2D eigenvalue weighted by molar-refractivity contribution is 14.1. The Morgan fingerprint density at radius 2 is 1.54 bits per heavy atom. The molecule has 2 aromatic rings. The molecule has 0 spiro atoms. The minimum atomic E-state index is -0.396. The number of hydrogen-bond donors (Lipinski definition) is 1. The molecule has 5 nitrogen and oxygen atoms in total. The molecule has 8 heteroatoms. The van der Waals surface area contributed by atoms with Crippen LogP contribution < -0.4 is 19.5 Å². The second-order valence-corrected chi connectivity index (χ2v) is 6.58. The number of hydrogen-bond acceptors (Lipinski definition) is 4. The first-order chi connectivity index (χ1) is 11.4. The maximum Gasteiger partial charge on any atom is 0.259 e. The van der Waals surface area contributed by atoms with Crippen LogP contribution in [-0.4, -0.2) is 27.2 Å². The first kappa shape index (κ1) is 19.0. The summed E-state index contributed by atoms with van der Waals surface area (Å²) in [5, 5.41) is 3.59. The summed E-state index contributed by atoms with van der Waals surface area (Å²) in [6, 6.07) is 6.39. The normalized spacial score (nSPS) is 10.2. The van der Waals surface area contributed by atoms with Crippen LogP contribution in [0.5, 0.6) is 17.2 Å². The van der Waals surface area contributed by atoms with Crippen molar-refractivity contribution in [2.75, 3.05) is 26.6 Å². The zero-order chi connectivity index (χ0) is 17.9. The average Bonchev–Trinajstić information content (AvgIpc) is 2.57. The number of benzene rings is 2. The fourth-order valence-corrected chi connectivity index (χ4v) is 2.86. The Morgan fingerprint density at radius 1 is 0.917 bits per heavy atom. The number of carbonyl (C=O) groups excluding carboxylic acids is 1. The molecule has 0 unspecified atom stereocenters. The molecule has 0 bridgehead atoms. The van der Waals surface area contributed by atoms with Gasteiger partial charge in [0.2, 0.25) is 0 Å². The summed E-state index contributed by atoms with van der Waals surface area (Å²) < 4.78 is 16.5. The van der Waals surface area contributed by atoms with Gasteiger partial charge in [0.25, 0.3) is 5.91 Å². The molecular weight excluding hydrogens is 468 g/mol. The molecule has 0 radical (unpaired) electrons. The Labute approximate surface area is 163 Å². The second kappa shape index (κ2) is 8.13. The quantitative estimate of drug-likeness (QED) is 0.618. The van der Waals surface area contributed by atoms with Crippen LogP contribution in [0, 0.1) is 3.57 Å². The van der Waals surface area contributed by atoms with E-state index in [0.29, 0.717) is 38.5 Å². The number of anilines is 1. The highest BCUT2D eigenvalue weighted by Gasteiger charge is 2.18. The lowest BCUT2D eigenvalue weighted by atomic mass is 10.1. The van der Waals surface area contributed by atoms with E-state index in [1.807, 2.05) is 0 Å². The SMILES string of the molecule is COc1cc(NC(=O)c2cc(Cl)c(I)cc2OC)c(OC)cc1Cl. The van der Waals surface area contributed by atoms with Gasteiger partial charge in [-0.05, 0) is 34.7 Å². The highest BCUT2D eigenvalue weighted by atomic mass is 127. The number of methoxy groups -OCH3 is 3. The van der Waals surface area contributed by atoms with E-state index in [1.54, 1.807) is 24.3 Å². The minimum absolute atomic E-state index is 0.305. The molecule has 0 heterocycles. The molecule has 128 valence electrons. The fourth-order valence-electron chi connectivity index (χ4n) is 2.02. The van der Waals surface area contributed by atoms with E-state index in [4.69, 9.17) is 37.4 Å². The molecule has 1 N–H and O–H groups in total. The van der Waals surface area contributed by atoms with E-state index in [0.717, 1.165) is 3.57 Å². The molecule has 2 aromatic carbocycles. The van der Waals surface area contributed by atoms with E-state index < -0.39 is 5.91 Å². The van der Waals surface area contributed by atoms with Crippen molar-refractivity contribution >= 4 is 57.4 Å². The van der Waals surface area contributed by atoms with Crippen LogP contribution in [0.1, 0.15) is 10.4 Å². The third-order valence-corrected chi connectivity index (χ3v) is 5.03. The third kappa shape index (κ3) is 3.99. The molecule has 0 aliphatic carbocycles. The Morgan fingerprint density at radius 3 is 2.12 bits per heavy atom. The molecule has 2 rings (SSSR count). The maximum absolute atomic E-state index is 12.6. The standard InChI is InChI=1S/C16H14Cl2INO4/c1-22-13-6-11(19)9(17)4-8(13)16(21)20-12-7-14(23-2)10(18)5-15(12)24-3/h4-7H,1-3H3,(H,20,21). The summed E-state index contributed by atoms with van der Waals surface area (Å²) in [5.74, 6) is 0.846. The van der Waals surface area contributed by atoms with E-state index in [1.165, 1.54) is 21.3 Å². The van der Waals surface area contributed by atoms with Crippen molar-refractivity contribution < 1.29 is 19.0 Å². The van der Waals surface area contributed by atoms with Gasteiger partial charge in [-0.2, -0.15) is 0 Å². The lowest BCUT2D eigenvalue weighted by molar-refractivity contribution is 0.102. The first-order valence-corrected chi connectivity index (χ1v) is 8.50. The van der Waals surface area contributed by atoms with Gasteiger partial charge in [-0.3, -0.25) is 4.79 Å². The van der Waals surface area contributed by atoms with Crippen molar-refractivity contribution in [3.63, 3.8) is 0 Å². The summed E-state index contributed by atoms with van der Waals surface area (Å²) in [6.45, 7) is 0. The lowest BCUT2D eigenvalue weighted by Gasteiger charge is -2.15. The largest absolute Gasteiger partial charge is 0.496 e. The average molecular weight is 482 g/mol. The van der Waals surface area contributed by atoms with Crippen LogP contribution in [0.25, 0.3) is 0 Å². The van der Waals surface area contributed by atoms with Crippen molar-refractivity contribution in [1.29, 1.82) is 0 Å². The first-order valence-electron chi connectivity index (χ1n) is 6.67. The number of ether oxygens (including phenoxy) is 3. The summed E-state index contributed by atoms with van der Waals surface area (Å²) in [5.41, 5.74) is 0.722. The van der Waals surface area contributed by atoms with Gasteiger partial charge in [-0.15, -0.1) is 0 Å². The zero-order valence-corrected chi connectivity index (χ0v) is 16.7. The van der Waals surface area contributed by atoms with Crippen LogP contribution in [0.2, 0.25) is 10.0 Å². The minimum Gasteiger partial charge on any atom is -0.496 e. The zero-order valence-electron chi connectivity index (χ0n) is 13.1.